The highest BCUT2D eigenvalue weighted by Gasteiger charge is 2.30. The zero-order valence-corrected chi connectivity index (χ0v) is 28.8. The minimum absolute atomic E-state index is 0.0599. The van der Waals surface area contributed by atoms with E-state index in [4.69, 9.17) is 15.2 Å². The number of ether oxygens (including phenoxy) is 2. The van der Waals surface area contributed by atoms with Crippen LogP contribution in [0.5, 0.6) is 5.75 Å². The van der Waals surface area contributed by atoms with Crippen molar-refractivity contribution in [2.45, 2.75) is 77.8 Å². The van der Waals surface area contributed by atoms with Gasteiger partial charge in [0.15, 0.2) is 5.69 Å². The predicted molar refractivity (Wildman–Crippen MR) is 189 cm³/mol. The van der Waals surface area contributed by atoms with Gasteiger partial charge in [-0.3, -0.25) is 9.59 Å². The van der Waals surface area contributed by atoms with Gasteiger partial charge in [-0.1, -0.05) is 37.8 Å². The molecule has 2 aliphatic rings. The van der Waals surface area contributed by atoms with Crippen molar-refractivity contribution in [2.24, 2.45) is 5.73 Å². The van der Waals surface area contributed by atoms with Crippen LogP contribution in [0.2, 0.25) is 0 Å². The monoisotopic (exact) mass is 666 g/mol. The number of carbonyl (C=O) groups is 3. The van der Waals surface area contributed by atoms with Crippen LogP contribution < -0.4 is 21.1 Å². The Balaban J connectivity index is 1.47. The first-order valence-electron chi connectivity index (χ1n) is 16.5. The summed E-state index contributed by atoms with van der Waals surface area (Å²) in [5.41, 5.74) is 12.1. The minimum atomic E-state index is -0.716. The Labute approximate surface area is 285 Å². The molecule has 0 atom stereocenters. The highest BCUT2D eigenvalue weighted by molar-refractivity contribution is 7.13. The fourth-order valence-corrected chi connectivity index (χ4v) is 7.88. The Morgan fingerprint density at radius 3 is 2.38 bits per heavy atom. The molecular weight excluding hydrogens is 625 g/mol. The number of nitrogens with one attached hydrogen (secondary N) is 2. The average Bonchev–Trinajstić information content (AvgIpc) is 3.34. The van der Waals surface area contributed by atoms with Gasteiger partial charge in [0, 0.05) is 51.3 Å². The van der Waals surface area contributed by atoms with Gasteiger partial charge in [-0.05, 0) is 91.6 Å². The summed E-state index contributed by atoms with van der Waals surface area (Å²) in [7, 11) is 1.27. The largest absolute Gasteiger partial charge is 0.493 e. The number of hydrogen-bond donors (Lipinski definition) is 3. The highest BCUT2D eigenvalue weighted by Crippen LogP contribution is 2.43. The first-order chi connectivity index (χ1) is 23.1. The maximum absolute atomic E-state index is 14.3. The number of esters is 1. The van der Waals surface area contributed by atoms with Crippen LogP contribution in [0.1, 0.15) is 99.0 Å². The van der Waals surface area contributed by atoms with E-state index in [2.05, 4.69) is 28.6 Å². The quantitative estimate of drug-likeness (QED) is 0.139. The molecule has 4 aromatic rings. The zero-order valence-electron chi connectivity index (χ0n) is 28.0. The molecule has 2 amide bonds. The van der Waals surface area contributed by atoms with Crippen LogP contribution in [-0.4, -0.2) is 42.0 Å². The lowest BCUT2D eigenvalue weighted by molar-refractivity contribution is 0.0594. The van der Waals surface area contributed by atoms with Crippen molar-refractivity contribution < 1.29 is 23.9 Å². The number of pyridine rings is 1. The summed E-state index contributed by atoms with van der Waals surface area (Å²) in [6.45, 7) is 6.80. The number of anilines is 1. The molecule has 10 heteroatoms. The summed E-state index contributed by atoms with van der Waals surface area (Å²) in [6, 6.07) is 12.9. The Hall–Kier alpha value is -4.54. The van der Waals surface area contributed by atoms with Crippen molar-refractivity contribution in [3.05, 3.63) is 87.0 Å². The van der Waals surface area contributed by atoms with Crippen LogP contribution in [-0.2, 0) is 17.7 Å². The van der Waals surface area contributed by atoms with E-state index in [0.29, 0.717) is 41.3 Å². The summed E-state index contributed by atoms with van der Waals surface area (Å²) >= 11 is 1.59. The lowest BCUT2D eigenvalue weighted by Gasteiger charge is -2.29. The average molecular weight is 667 g/mol. The summed E-state index contributed by atoms with van der Waals surface area (Å²) in [4.78, 5) is 46.8. The van der Waals surface area contributed by atoms with Gasteiger partial charge in [0.1, 0.15) is 11.4 Å². The second-order valence-electron chi connectivity index (χ2n) is 13.0. The van der Waals surface area contributed by atoms with E-state index in [1.165, 1.54) is 7.11 Å². The fourth-order valence-electron chi connectivity index (χ4n) is 6.90. The molecule has 0 saturated heterocycles. The van der Waals surface area contributed by atoms with Crippen molar-refractivity contribution in [2.75, 3.05) is 19.0 Å². The fraction of sp³-hybridized carbons (Fsp3) is 0.368. The number of nitrogens with two attached hydrogens (primary N) is 1. The number of benzene rings is 2. The molecule has 1 saturated carbocycles. The summed E-state index contributed by atoms with van der Waals surface area (Å²) in [5, 5.41) is 8.35. The van der Waals surface area contributed by atoms with Crippen molar-refractivity contribution in [3.8, 4) is 27.3 Å². The smallest absolute Gasteiger partial charge is 0.357 e. The van der Waals surface area contributed by atoms with Gasteiger partial charge in [0.2, 0.25) is 0 Å². The normalized spacial score (nSPS) is 15.2. The van der Waals surface area contributed by atoms with E-state index in [9.17, 15) is 14.4 Å². The van der Waals surface area contributed by atoms with Gasteiger partial charge in [-0.2, -0.15) is 0 Å². The molecule has 4 N–H and O–H groups in total. The standard InChI is InChI=1S/C38H42N4O5S/c1-22-17-24(21-39)18-23(2)32(22)41-35(43)28-19-29-31(47-15-11-25-12-16-48-34(25)29)20-27(28)26-9-10-30(40-33(26)37(45)46-4)36(44)42-38(3)13-7-5-6-8-14-38/h9-10,12,16-20H,5-8,11,13-15,21,39H2,1-4H3,(H,41,43)(H,42,44). The molecule has 0 unspecified atom stereocenters. The third-order valence-electron chi connectivity index (χ3n) is 9.47. The summed E-state index contributed by atoms with van der Waals surface area (Å²) in [5.74, 6) is -0.828. The number of amides is 2. The third-order valence-corrected chi connectivity index (χ3v) is 10.5. The van der Waals surface area contributed by atoms with Crippen molar-refractivity contribution in [3.63, 3.8) is 0 Å². The van der Waals surface area contributed by atoms with E-state index in [1.807, 2.05) is 37.4 Å². The molecule has 3 heterocycles. The molecule has 250 valence electrons. The van der Waals surface area contributed by atoms with E-state index < -0.39 is 5.97 Å². The molecule has 2 aromatic heterocycles. The first kappa shape index (κ1) is 33.4. The maximum Gasteiger partial charge on any atom is 0.357 e. The van der Waals surface area contributed by atoms with Gasteiger partial charge in [-0.25, -0.2) is 9.78 Å². The van der Waals surface area contributed by atoms with Gasteiger partial charge in [0.05, 0.1) is 13.7 Å². The number of methoxy groups -OCH3 is 1. The summed E-state index contributed by atoms with van der Waals surface area (Å²) < 4.78 is 11.4. The molecule has 9 nitrogen and oxygen atoms in total. The topological polar surface area (TPSA) is 133 Å². The zero-order chi connectivity index (χ0) is 34.0. The van der Waals surface area contributed by atoms with Crippen molar-refractivity contribution >= 4 is 34.8 Å². The third kappa shape index (κ3) is 6.73. The predicted octanol–water partition coefficient (Wildman–Crippen LogP) is 7.37. The molecule has 2 aromatic carbocycles. The first-order valence-corrected chi connectivity index (χ1v) is 17.4. The molecule has 1 aliphatic carbocycles. The van der Waals surface area contributed by atoms with Crippen LogP contribution >= 0.6 is 11.3 Å². The molecule has 6 rings (SSSR count). The van der Waals surface area contributed by atoms with Gasteiger partial charge < -0.3 is 25.8 Å². The Bertz CT molecular complexity index is 1870. The Morgan fingerprint density at radius 2 is 1.69 bits per heavy atom. The Kier molecular flexibility index (Phi) is 9.66. The summed E-state index contributed by atoms with van der Waals surface area (Å²) in [6.07, 6.45) is 6.89. The lowest BCUT2D eigenvalue weighted by atomic mass is 9.92. The molecule has 0 bridgehead atoms. The number of carbonyl (C=O) groups excluding carboxylic acids is 3. The lowest BCUT2D eigenvalue weighted by Crippen LogP contribution is -2.45. The van der Waals surface area contributed by atoms with Crippen LogP contribution in [0.15, 0.2) is 47.8 Å². The number of nitrogens with zero attached hydrogens (tertiary/aromatic N) is 1. The van der Waals surface area contributed by atoms with Crippen LogP contribution in [0.3, 0.4) is 0 Å². The minimum Gasteiger partial charge on any atom is -0.493 e. The number of thiophene rings is 1. The number of rotatable bonds is 7. The second-order valence-corrected chi connectivity index (χ2v) is 14.0. The van der Waals surface area contributed by atoms with E-state index in [0.717, 1.165) is 77.6 Å². The van der Waals surface area contributed by atoms with E-state index in [1.54, 1.807) is 29.5 Å². The SMILES string of the molecule is COC(=O)c1nc(C(=O)NC2(C)CCCCCC2)ccc1-c1cc2c(cc1C(=O)Nc1c(C)cc(CN)cc1C)-c1sccc1CCO2. The molecule has 1 aliphatic heterocycles. The van der Waals surface area contributed by atoms with Crippen molar-refractivity contribution in [1.82, 2.24) is 10.3 Å². The maximum atomic E-state index is 14.3. The van der Waals surface area contributed by atoms with E-state index in [-0.39, 0.29) is 28.7 Å². The molecule has 48 heavy (non-hydrogen) atoms. The van der Waals surface area contributed by atoms with Crippen molar-refractivity contribution in [1.29, 1.82) is 0 Å². The molecule has 0 spiro atoms. The Morgan fingerprint density at radius 1 is 0.958 bits per heavy atom. The van der Waals surface area contributed by atoms with Gasteiger partial charge in [-0.15, -0.1) is 11.3 Å². The number of aromatic nitrogens is 1. The molecule has 0 radical (unpaired) electrons. The molecule has 1 fully saturated rings. The van der Waals surface area contributed by atoms with Gasteiger partial charge >= 0.3 is 5.97 Å². The molecular formula is C38H42N4O5S. The number of hydrogen-bond acceptors (Lipinski definition) is 8. The highest BCUT2D eigenvalue weighted by atomic mass is 32.1. The van der Waals surface area contributed by atoms with Crippen LogP contribution in [0.25, 0.3) is 21.6 Å². The van der Waals surface area contributed by atoms with Crippen LogP contribution in [0, 0.1) is 13.8 Å². The van der Waals surface area contributed by atoms with Gasteiger partial charge in [0.25, 0.3) is 11.8 Å². The van der Waals surface area contributed by atoms with Crippen LogP contribution in [0.4, 0.5) is 5.69 Å². The number of fused-ring (bicyclic) bond motifs is 3. The number of aryl methyl sites for hydroxylation is 2. The second kappa shape index (κ2) is 13.9. The van der Waals surface area contributed by atoms with E-state index >= 15 is 0 Å².